The second kappa shape index (κ2) is 3.96. The zero-order valence-corrected chi connectivity index (χ0v) is 10.0. The van der Waals surface area contributed by atoms with E-state index in [1.807, 2.05) is 18.2 Å². The highest BCUT2D eigenvalue weighted by Gasteiger charge is 2.24. The third-order valence-corrected chi connectivity index (χ3v) is 3.28. The number of anilines is 1. The Kier molecular flexibility index (Phi) is 2.41. The minimum atomic E-state index is 0.110. The summed E-state index contributed by atoms with van der Waals surface area (Å²) in [6.07, 6.45) is 2.06. The standard InChI is InChI=1S/C13H13N3O2/c1-16-11-3-2-8(4-9(11)5-12(16)17)13-10(6-14)7-15-18-13/h2-4,7H,5-6,14H2,1H3. The Bertz CT molecular complexity index is 618. The second-order valence-corrected chi connectivity index (χ2v) is 4.36. The van der Waals surface area contributed by atoms with Gasteiger partial charge in [0.05, 0.1) is 12.6 Å². The van der Waals surface area contributed by atoms with Gasteiger partial charge in [-0.25, -0.2) is 0 Å². The van der Waals surface area contributed by atoms with Gasteiger partial charge in [-0.2, -0.15) is 0 Å². The first-order valence-corrected chi connectivity index (χ1v) is 5.74. The van der Waals surface area contributed by atoms with E-state index in [2.05, 4.69) is 5.16 Å². The summed E-state index contributed by atoms with van der Waals surface area (Å²) in [5, 5.41) is 3.76. The quantitative estimate of drug-likeness (QED) is 0.863. The minimum absolute atomic E-state index is 0.110. The number of carbonyl (C=O) groups is 1. The van der Waals surface area contributed by atoms with Crippen molar-refractivity contribution in [1.82, 2.24) is 5.16 Å². The molecule has 0 radical (unpaired) electrons. The van der Waals surface area contributed by atoms with Crippen molar-refractivity contribution < 1.29 is 9.32 Å². The smallest absolute Gasteiger partial charge is 0.231 e. The van der Waals surface area contributed by atoms with Crippen LogP contribution in [0.15, 0.2) is 28.9 Å². The van der Waals surface area contributed by atoms with E-state index in [1.165, 1.54) is 0 Å². The topological polar surface area (TPSA) is 72.4 Å². The van der Waals surface area contributed by atoms with Crippen molar-refractivity contribution >= 4 is 11.6 Å². The molecule has 2 aromatic rings. The predicted octanol–water partition coefficient (Wildman–Crippen LogP) is 1.32. The van der Waals surface area contributed by atoms with Crippen LogP contribution in [0.1, 0.15) is 11.1 Å². The van der Waals surface area contributed by atoms with Crippen LogP contribution in [-0.2, 0) is 17.8 Å². The number of rotatable bonds is 2. The Labute approximate surface area is 104 Å². The predicted molar refractivity (Wildman–Crippen MR) is 66.9 cm³/mol. The number of nitrogens with zero attached hydrogens (tertiary/aromatic N) is 2. The van der Waals surface area contributed by atoms with Crippen LogP contribution >= 0.6 is 0 Å². The number of hydrogen-bond acceptors (Lipinski definition) is 4. The normalized spacial score (nSPS) is 14.1. The Hall–Kier alpha value is -2.14. The Morgan fingerprint density at radius 1 is 1.50 bits per heavy atom. The minimum Gasteiger partial charge on any atom is -0.356 e. The number of benzene rings is 1. The van der Waals surface area contributed by atoms with Crippen LogP contribution in [0.4, 0.5) is 5.69 Å². The molecule has 5 heteroatoms. The van der Waals surface area contributed by atoms with Crippen LogP contribution in [0, 0.1) is 0 Å². The van der Waals surface area contributed by atoms with Crippen molar-refractivity contribution in [3.8, 4) is 11.3 Å². The number of hydrogen-bond donors (Lipinski definition) is 1. The van der Waals surface area contributed by atoms with Gasteiger partial charge < -0.3 is 15.2 Å². The highest BCUT2D eigenvalue weighted by molar-refractivity contribution is 6.01. The summed E-state index contributed by atoms with van der Waals surface area (Å²) in [5.41, 5.74) is 9.38. The Morgan fingerprint density at radius 3 is 3.11 bits per heavy atom. The summed E-state index contributed by atoms with van der Waals surface area (Å²) >= 11 is 0. The molecule has 5 nitrogen and oxygen atoms in total. The van der Waals surface area contributed by atoms with Crippen molar-refractivity contribution in [2.45, 2.75) is 13.0 Å². The molecule has 0 fully saturated rings. The van der Waals surface area contributed by atoms with Gasteiger partial charge >= 0.3 is 0 Å². The number of amides is 1. The largest absolute Gasteiger partial charge is 0.356 e. The Morgan fingerprint density at radius 2 is 2.33 bits per heavy atom. The van der Waals surface area contributed by atoms with Crippen molar-refractivity contribution in [3.63, 3.8) is 0 Å². The van der Waals surface area contributed by atoms with Gasteiger partial charge in [0.25, 0.3) is 0 Å². The monoisotopic (exact) mass is 243 g/mol. The molecule has 0 aliphatic carbocycles. The zero-order valence-electron chi connectivity index (χ0n) is 10.0. The molecule has 1 aliphatic heterocycles. The van der Waals surface area contributed by atoms with E-state index in [4.69, 9.17) is 10.3 Å². The molecular formula is C13H13N3O2. The van der Waals surface area contributed by atoms with E-state index in [1.54, 1.807) is 18.1 Å². The molecule has 0 atom stereocenters. The fourth-order valence-electron chi connectivity index (χ4n) is 2.25. The molecule has 92 valence electrons. The van der Waals surface area contributed by atoms with Gasteiger partial charge in [0.15, 0.2) is 5.76 Å². The van der Waals surface area contributed by atoms with Crippen LogP contribution in [0.25, 0.3) is 11.3 Å². The molecule has 18 heavy (non-hydrogen) atoms. The highest BCUT2D eigenvalue weighted by atomic mass is 16.5. The van der Waals surface area contributed by atoms with Crippen LogP contribution in [-0.4, -0.2) is 18.1 Å². The summed E-state index contributed by atoms with van der Waals surface area (Å²) in [6.45, 7) is 0.384. The molecule has 1 aliphatic rings. The average Bonchev–Trinajstić information content (AvgIpc) is 2.95. The molecule has 0 saturated heterocycles. The van der Waals surface area contributed by atoms with Gasteiger partial charge in [0.1, 0.15) is 0 Å². The third-order valence-electron chi connectivity index (χ3n) is 3.28. The van der Waals surface area contributed by atoms with E-state index in [0.29, 0.717) is 18.7 Å². The van der Waals surface area contributed by atoms with Crippen LogP contribution in [0.3, 0.4) is 0 Å². The molecule has 0 spiro atoms. The molecule has 1 aromatic heterocycles. The Balaban J connectivity index is 2.07. The van der Waals surface area contributed by atoms with Crippen molar-refractivity contribution in [1.29, 1.82) is 0 Å². The number of aromatic nitrogens is 1. The molecule has 0 saturated carbocycles. The van der Waals surface area contributed by atoms with Crippen LogP contribution < -0.4 is 10.6 Å². The lowest BCUT2D eigenvalue weighted by molar-refractivity contribution is -0.117. The van der Waals surface area contributed by atoms with Crippen LogP contribution in [0.5, 0.6) is 0 Å². The van der Waals surface area contributed by atoms with Crippen molar-refractivity contribution in [2.75, 3.05) is 11.9 Å². The maximum atomic E-state index is 11.6. The van der Waals surface area contributed by atoms with Gasteiger partial charge in [0, 0.05) is 30.4 Å². The fourth-order valence-corrected chi connectivity index (χ4v) is 2.25. The lowest BCUT2D eigenvalue weighted by Gasteiger charge is -2.10. The average molecular weight is 243 g/mol. The van der Waals surface area contributed by atoms with Gasteiger partial charge in [-0.3, -0.25) is 4.79 Å². The molecule has 2 N–H and O–H groups in total. The highest BCUT2D eigenvalue weighted by Crippen LogP contribution is 2.33. The van der Waals surface area contributed by atoms with Gasteiger partial charge in [-0.1, -0.05) is 5.16 Å². The maximum Gasteiger partial charge on any atom is 0.231 e. The lowest BCUT2D eigenvalue weighted by Crippen LogP contribution is -2.20. The number of carbonyl (C=O) groups excluding carboxylic acids is 1. The first-order valence-electron chi connectivity index (χ1n) is 5.74. The summed E-state index contributed by atoms with van der Waals surface area (Å²) in [7, 11) is 1.79. The lowest BCUT2D eigenvalue weighted by atomic mass is 10.0. The summed E-state index contributed by atoms with van der Waals surface area (Å²) in [6, 6.07) is 5.82. The summed E-state index contributed by atoms with van der Waals surface area (Å²) in [4.78, 5) is 13.3. The first-order chi connectivity index (χ1) is 8.70. The molecule has 0 bridgehead atoms. The van der Waals surface area contributed by atoms with Crippen LogP contribution in [0.2, 0.25) is 0 Å². The van der Waals surface area contributed by atoms with E-state index < -0.39 is 0 Å². The van der Waals surface area contributed by atoms with E-state index in [0.717, 1.165) is 22.4 Å². The van der Waals surface area contributed by atoms with E-state index in [-0.39, 0.29) is 5.91 Å². The van der Waals surface area contributed by atoms with Gasteiger partial charge in [0.2, 0.25) is 5.91 Å². The van der Waals surface area contributed by atoms with Crippen molar-refractivity contribution in [2.24, 2.45) is 5.73 Å². The maximum absolute atomic E-state index is 11.6. The number of likely N-dealkylation sites (N-methyl/N-ethyl adjacent to an activating group) is 1. The van der Waals surface area contributed by atoms with Gasteiger partial charge in [-0.05, 0) is 23.8 Å². The molecule has 3 rings (SSSR count). The zero-order chi connectivity index (χ0) is 12.7. The molecular weight excluding hydrogens is 230 g/mol. The van der Waals surface area contributed by atoms with E-state index >= 15 is 0 Å². The number of nitrogens with two attached hydrogens (primary N) is 1. The molecule has 0 unspecified atom stereocenters. The van der Waals surface area contributed by atoms with Gasteiger partial charge in [-0.15, -0.1) is 0 Å². The molecule has 1 amide bonds. The SMILES string of the molecule is CN1C(=O)Cc2cc(-c3oncc3CN)ccc21. The van der Waals surface area contributed by atoms with E-state index in [9.17, 15) is 4.79 Å². The first kappa shape index (κ1) is 11.0. The molecule has 2 heterocycles. The molecule has 1 aromatic carbocycles. The number of fused-ring (bicyclic) bond motifs is 1. The third kappa shape index (κ3) is 1.52. The van der Waals surface area contributed by atoms with Crippen molar-refractivity contribution in [3.05, 3.63) is 35.5 Å². The summed E-state index contributed by atoms with van der Waals surface area (Å²) < 4.78 is 5.23. The summed E-state index contributed by atoms with van der Waals surface area (Å²) in [5.74, 6) is 0.793. The fraction of sp³-hybridized carbons (Fsp3) is 0.231. The second-order valence-electron chi connectivity index (χ2n) is 4.36.